The van der Waals surface area contributed by atoms with Crippen molar-refractivity contribution in [1.29, 1.82) is 0 Å². The van der Waals surface area contributed by atoms with Crippen LogP contribution in [-0.2, 0) is 4.79 Å². The van der Waals surface area contributed by atoms with Crippen molar-refractivity contribution < 1.29 is 13.9 Å². The van der Waals surface area contributed by atoms with Gasteiger partial charge in [-0.05, 0) is 48.5 Å². The molecule has 0 N–H and O–H groups in total. The summed E-state index contributed by atoms with van der Waals surface area (Å²) in [5.74, 6) is 0.378. The largest absolute Gasteiger partial charge is 0.497 e. The van der Waals surface area contributed by atoms with Crippen molar-refractivity contribution in [2.45, 2.75) is 0 Å². The molecule has 1 amide bonds. The zero-order valence-electron chi connectivity index (χ0n) is 9.84. The quantitative estimate of drug-likeness (QED) is 0.774. The van der Waals surface area contributed by atoms with Crippen LogP contribution in [0, 0.1) is 5.82 Å². The Bertz CT molecular complexity index is 522. The van der Waals surface area contributed by atoms with E-state index in [1.807, 2.05) is 0 Å². The molecule has 0 aliphatic rings. The van der Waals surface area contributed by atoms with Crippen LogP contribution in [0.3, 0.4) is 0 Å². The summed E-state index contributed by atoms with van der Waals surface area (Å²) in [4.78, 5) is 12.6. The van der Waals surface area contributed by atoms with Gasteiger partial charge in [-0.15, -0.1) is 0 Å². The molecule has 92 valence electrons. The number of ether oxygens (including phenoxy) is 1. The lowest BCUT2D eigenvalue weighted by Gasteiger charge is -2.17. The van der Waals surface area contributed by atoms with E-state index in [1.165, 1.54) is 17.0 Å². The van der Waals surface area contributed by atoms with E-state index in [2.05, 4.69) is 0 Å². The molecule has 0 unspecified atom stereocenters. The molecule has 0 spiro atoms. The van der Waals surface area contributed by atoms with E-state index in [0.717, 1.165) is 0 Å². The highest BCUT2D eigenvalue weighted by molar-refractivity contribution is 5.86. The second-order valence-electron chi connectivity index (χ2n) is 3.65. The Morgan fingerprint density at radius 2 is 1.50 bits per heavy atom. The summed E-state index contributed by atoms with van der Waals surface area (Å²) in [6.07, 6.45) is 0.690. The summed E-state index contributed by atoms with van der Waals surface area (Å²) < 4.78 is 17.9. The van der Waals surface area contributed by atoms with Gasteiger partial charge in [0.05, 0.1) is 7.11 Å². The summed E-state index contributed by atoms with van der Waals surface area (Å²) >= 11 is 0. The molecule has 0 heterocycles. The zero-order valence-corrected chi connectivity index (χ0v) is 9.84. The van der Waals surface area contributed by atoms with Crippen molar-refractivity contribution in [2.75, 3.05) is 12.0 Å². The van der Waals surface area contributed by atoms with Crippen LogP contribution in [0.2, 0.25) is 0 Å². The minimum atomic E-state index is -0.334. The average molecular weight is 245 g/mol. The van der Waals surface area contributed by atoms with Crippen LogP contribution in [0.4, 0.5) is 15.8 Å². The fourth-order valence-corrected chi connectivity index (χ4v) is 1.62. The molecule has 0 bridgehead atoms. The van der Waals surface area contributed by atoms with Gasteiger partial charge in [-0.25, -0.2) is 4.39 Å². The summed E-state index contributed by atoms with van der Waals surface area (Å²) in [5.41, 5.74) is 1.30. The Morgan fingerprint density at radius 1 is 1.00 bits per heavy atom. The van der Waals surface area contributed by atoms with Gasteiger partial charge >= 0.3 is 0 Å². The van der Waals surface area contributed by atoms with E-state index in [1.54, 1.807) is 43.5 Å². The van der Waals surface area contributed by atoms with Crippen molar-refractivity contribution in [3.05, 3.63) is 54.3 Å². The van der Waals surface area contributed by atoms with Crippen LogP contribution in [0.25, 0.3) is 0 Å². The molecule has 0 aliphatic heterocycles. The zero-order chi connectivity index (χ0) is 13.0. The second-order valence-corrected chi connectivity index (χ2v) is 3.65. The highest BCUT2D eigenvalue weighted by atomic mass is 19.1. The fraction of sp³-hybridized carbons (Fsp3) is 0.0714. The summed E-state index contributed by atoms with van der Waals surface area (Å²) in [6, 6.07) is 12.8. The predicted octanol–water partition coefficient (Wildman–Crippen LogP) is 3.13. The maximum absolute atomic E-state index is 12.8. The van der Waals surface area contributed by atoms with E-state index in [9.17, 15) is 9.18 Å². The lowest BCUT2D eigenvalue weighted by molar-refractivity contribution is -0.106. The Labute approximate surface area is 104 Å². The van der Waals surface area contributed by atoms with Crippen LogP contribution in [0.5, 0.6) is 5.75 Å². The number of hydrogen-bond donors (Lipinski definition) is 0. The molecule has 2 aromatic carbocycles. The number of nitrogens with zero attached hydrogens (tertiary/aromatic N) is 1. The number of hydrogen-bond acceptors (Lipinski definition) is 2. The number of carbonyl (C=O) groups is 1. The number of carbonyl (C=O) groups excluding carboxylic acids is 1. The number of rotatable bonds is 4. The molecule has 0 aliphatic carbocycles. The lowest BCUT2D eigenvalue weighted by atomic mass is 10.2. The van der Waals surface area contributed by atoms with Gasteiger partial charge in [0.15, 0.2) is 0 Å². The van der Waals surface area contributed by atoms with Crippen LogP contribution in [0.15, 0.2) is 48.5 Å². The maximum Gasteiger partial charge on any atom is 0.218 e. The van der Waals surface area contributed by atoms with Gasteiger partial charge in [-0.2, -0.15) is 0 Å². The van der Waals surface area contributed by atoms with Crippen molar-refractivity contribution >= 4 is 17.8 Å². The molecule has 4 heteroatoms. The molecule has 0 atom stereocenters. The summed E-state index contributed by atoms with van der Waals surface area (Å²) in [7, 11) is 1.58. The van der Waals surface area contributed by atoms with Gasteiger partial charge < -0.3 is 4.74 Å². The minimum Gasteiger partial charge on any atom is -0.497 e. The first-order chi connectivity index (χ1) is 8.74. The summed E-state index contributed by atoms with van der Waals surface area (Å²) in [5, 5.41) is 0. The van der Waals surface area contributed by atoms with Gasteiger partial charge in [-0.1, -0.05) is 0 Å². The van der Waals surface area contributed by atoms with Crippen LogP contribution in [-0.4, -0.2) is 13.5 Å². The first-order valence-corrected chi connectivity index (χ1v) is 5.39. The minimum absolute atomic E-state index is 0.334. The predicted molar refractivity (Wildman–Crippen MR) is 67.6 cm³/mol. The highest BCUT2D eigenvalue weighted by Crippen LogP contribution is 2.25. The molecule has 0 saturated heterocycles. The number of anilines is 2. The molecule has 0 fully saturated rings. The topological polar surface area (TPSA) is 29.5 Å². The third kappa shape index (κ3) is 2.48. The van der Waals surface area contributed by atoms with Gasteiger partial charge in [0.2, 0.25) is 6.41 Å². The Balaban J connectivity index is 2.32. The molecule has 2 rings (SSSR count). The molecule has 0 radical (unpaired) electrons. The molecular weight excluding hydrogens is 233 g/mol. The second kappa shape index (κ2) is 5.31. The number of amides is 1. The molecule has 18 heavy (non-hydrogen) atoms. The Hall–Kier alpha value is -2.36. The third-order valence-electron chi connectivity index (χ3n) is 2.56. The Kier molecular flexibility index (Phi) is 3.57. The van der Waals surface area contributed by atoms with Gasteiger partial charge in [-0.3, -0.25) is 9.69 Å². The van der Waals surface area contributed by atoms with E-state index in [4.69, 9.17) is 4.74 Å². The van der Waals surface area contributed by atoms with E-state index >= 15 is 0 Å². The van der Waals surface area contributed by atoms with Crippen molar-refractivity contribution in [3.8, 4) is 5.75 Å². The smallest absolute Gasteiger partial charge is 0.218 e. The van der Waals surface area contributed by atoms with Crippen LogP contribution >= 0.6 is 0 Å². The van der Waals surface area contributed by atoms with Crippen LogP contribution < -0.4 is 9.64 Å². The van der Waals surface area contributed by atoms with Crippen molar-refractivity contribution in [3.63, 3.8) is 0 Å². The molecule has 3 nitrogen and oxygen atoms in total. The Morgan fingerprint density at radius 3 is 1.94 bits per heavy atom. The van der Waals surface area contributed by atoms with E-state index < -0.39 is 0 Å². The van der Waals surface area contributed by atoms with Gasteiger partial charge in [0.25, 0.3) is 0 Å². The standard InChI is InChI=1S/C14H12FNO2/c1-18-14-8-6-13(7-9-14)16(10-17)12-4-2-11(15)3-5-12/h2-10H,1H3. The molecular formula is C14H12FNO2. The number of methoxy groups -OCH3 is 1. The monoisotopic (exact) mass is 245 g/mol. The normalized spacial score (nSPS) is 9.89. The molecule has 2 aromatic rings. The molecule has 0 saturated carbocycles. The van der Waals surface area contributed by atoms with Gasteiger partial charge in [0.1, 0.15) is 11.6 Å². The highest BCUT2D eigenvalue weighted by Gasteiger charge is 2.08. The van der Waals surface area contributed by atoms with Crippen LogP contribution in [0.1, 0.15) is 0 Å². The SMILES string of the molecule is COc1ccc(N(C=O)c2ccc(F)cc2)cc1. The van der Waals surface area contributed by atoms with Crippen molar-refractivity contribution in [2.24, 2.45) is 0 Å². The molecule has 0 aromatic heterocycles. The first kappa shape index (κ1) is 12.1. The average Bonchev–Trinajstić information content (AvgIpc) is 2.42. The lowest BCUT2D eigenvalue weighted by Crippen LogP contribution is -2.13. The first-order valence-electron chi connectivity index (χ1n) is 5.39. The third-order valence-corrected chi connectivity index (χ3v) is 2.56. The fourth-order valence-electron chi connectivity index (χ4n) is 1.62. The van der Waals surface area contributed by atoms with E-state index in [-0.39, 0.29) is 5.82 Å². The number of benzene rings is 2. The summed E-state index contributed by atoms with van der Waals surface area (Å²) in [6.45, 7) is 0. The van der Waals surface area contributed by atoms with Crippen molar-refractivity contribution in [1.82, 2.24) is 0 Å². The van der Waals surface area contributed by atoms with Gasteiger partial charge in [0, 0.05) is 11.4 Å². The number of halogens is 1. The maximum atomic E-state index is 12.8. The van der Waals surface area contributed by atoms with E-state index in [0.29, 0.717) is 23.5 Å².